The zero-order valence-electron chi connectivity index (χ0n) is 9.71. The molecular formula is C10H9Cl2NO6S. The number of sulfonamides is 1. The zero-order chi connectivity index (χ0) is 15.5. The molecule has 1 aromatic rings. The molecule has 0 bridgehead atoms. The minimum Gasteiger partial charge on any atom is -0.481 e. The van der Waals surface area contributed by atoms with Gasteiger partial charge < -0.3 is 10.2 Å². The summed E-state index contributed by atoms with van der Waals surface area (Å²) in [4.78, 5) is 21.0. The van der Waals surface area contributed by atoms with E-state index in [9.17, 15) is 18.0 Å². The quantitative estimate of drug-likeness (QED) is 0.714. The summed E-state index contributed by atoms with van der Waals surface area (Å²) < 4.78 is 25.6. The zero-order valence-corrected chi connectivity index (χ0v) is 12.0. The number of aliphatic carboxylic acids is 2. The number of carboxylic acids is 2. The van der Waals surface area contributed by atoms with E-state index in [1.54, 1.807) is 4.72 Å². The minimum atomic E-state index is -4.23. The highest BCUT2D eigenvalue weighted by Crippen LogP contribution is 2.24. The van der Waals surface area contributed by atoms with Crippen molar-refractivity contribution < 1.29 is 28.2 Å². The molecule has 3 N–H and O–H groups in total. The van der Waals surface area contributed by atoms with Gasteiger partial charge in [-0.05, 0) is 18.2 Å². The molecule has 0 saturated heterocycles. The molecule has 1 unspecified atom stereocenters. The molecule has 0 aromatic heterocycles. The highest BCUT2D eigenvalue weighted by Gasteiger charge is 2.27. The third-order valence-corrected chi connectivity index (χ3v) is 4.38. The topological polar surface area (TPSA) is 121 Å². The van der Waals surface area contributed by atoms with Crippen LogP contribution in [0.5, 0.6) is 0 Å². The fourth-order valence-electron chi connectivity index (χ4n) is 1.25. The number of carbonyl (C=O) groups is 2. The first-order chi connectivity index (χ1) is 9.13. The first kappa shape index (κ1) is 16.7. The van der Waals surface area contributed by atoms with Crippen LogP contribution in [0.2, 0.25) is 10.0 Å². The maximum absolute atomic E-state index is 11.9. The number of nitrogens with one attached hydrogen (secondary N) is 1. The van der Waals surface area contributed by atoms with Gasteiger partial charge in [-0.3, -0.25) is 9.59 Å². The molecule has 0 saturated carbocycles. The molecule has 110 valence electrons. The molecule has 20 heavy (non-hydrogen) atoms. The monoisotopic (exact) mass is 341 g/mol. The first-order valence-corrected chi connectivity index (χ1v) is 7.29. The summed E-state index contributed by atoms with van der Waals surface area (Å²) in [5.41, 5.74) is 0. The summed E-state index contributed by atoms with van der Waals surface area (Å²) in [6.07, 6.45) is -0.893. The molecule has 0 aliphatic rings. The van der Waals surface area contributed by atoms with Gasteiger partial charge in [0.25, 0.3) is 0 Å². The van der Waals surface area contributed by atoms with Crippen molar-refractivity contribution >= 4 is 45.2 Å². The van der Waals surface area contributed by atoms with E-state index in [0.29, 0.717) is 0 Å². The summed E-state index contributed by atoms with van der Waals surface area (Å²) in [6.45, 7) is 0. The van der Waals surface area contributed by atoms with Crippen molar-refractivity contribution in [2.75, 3.05) is 0 Å². The van der Waals surface area contributed by atoms with Crippen LogP contribution in [0.3, 0.4) is 0 Å². The van der Waals surface area contributed by atoms with E-state index < -0.39 is 34.4 Å². The second kappa shape index (κ2) is 6.40. The maximum Gasteiger partial charge on any atom is 0.322 e. The van der Waals surface area contributed by atoms with Gasteiger partial charge >= 0.3 is 11.9 Å². The van der Waals surface area contributed by atoms with Gasteiger partial charge in [-0.15, -0.1) is 0 Å². The van der Waals surface area contributed by atoms with Crippen molar-refractivity contribution in [1.82, 2.24) is 4.72 Å². The predicted molar refractivity (Wildman–Crippen MR) is 70.5 cm³/mol. The average molecular weight is 342 g/mol. The van der Waals surface area contributed by atoms with Crippen molar-refractivity contribution in [2.45, 2.75) is 17.4 Å². The first-order valence-electron chi connectivity index (χ1n) is 5.05. The number of benzene rings is 1. The largest absolute Gasteiger partial charge is 0.481 e. The Morgan fingerprint density at radius 2 is 1.80 bits per heavy atom. The maximum atomic E-state index is 11.9. The lowest BCUT2D eigenvalue weighted by atomic mass is 10.2. The Kier molecular flexibility index (Phi) is 5.35. The third-order valence-electron chi connectivity index (χ3n) is 2.18. The second-order valence-electron chi connectivity index (χ2n) is 3.69. The molecule has 0 radical (unpaired) electrons. The molecule has 0 aliphatic heterocycles. The second-order valence-corrected chi connectivity index (χ2v) is 6.21. The Morgan fingerprint density at radius 3 is 2.25 bits per heavy atom. The molecular weight excluding hydrogens is 333 g/mol. The van der Waals surface area contributed by atoms with E-state index >= 15 is 0 Å². The molecule has 7 nitrogen and oxygen atoms in total. The Hall–Kier alpha value is -1.35. The lowest BCUT2D eigenvalue weighted by molar-refractivity contribution is -0.145. The van der Waals surface area contributed by atoms with Crippen molar-refractivity contribution in [3.8, 4) is 0 Å². The molecule has 1 rings (SSSR count). The number of halogens is 2. The Bertz CT molecular complexity index is 645. The Labute approximate surface area is 124 Å². The highest BCUT2D eigenvalue weighted by atomic mass is 35.5. The predicted octanol–water partition coefficient (Wildman–Crippen LogP) is 1.20. The number of hydrogen-bond acceptors (Lipinski definition) is 4. The van der Waals surface area contributed by atoms with Crippen LogP contribution in [0.1, 0.15) is 6.42 Å². The number of carboxylic acid groups (broad SMARTS) is 2. The summed E-state index contributed by atoms with van der Waals surface area (Å²) in [7, 11) is -4.23. The number of rotatable bonds is 6. The minimum absolute atomic E-state index is 0.0281. The van der Waals surface area contributed by atoms with Gasteiger partial charge in [0.1, 0.15) is 6.04 Å². The van der Waals surface area contributed by atoms with Crippen LogP contribution in [-0.4, -0.2) is 36.6 Å². The van der Waals surface area contributed by atoms with E-state index in [4.69, 9.17) is 33.4 Å². The van der Waals surface area contributed by atoms with Crippen molar-refractivity contribution in [1.29, 1.82) is 0 Å². The Morgan fingerprint density at radius 1 is 1.20 bits per heavy atom. The van der Waals surface area contributed by atoms with Gasteiger partial charge in [0.2, 0.25) is 10.0 Å². The molecule has 0 heterocycles. The molecule has 0 fully saturated rings. The normalized spacial score (nSPS) is 12.9. The van der Waals surface area contributed by atoms with Gasteiger partial charge in [-0.25, -0.2) is 8.42 Å². The fourth-order valence-corrected chi connectivity index (χ4v) is 2.83. The van der Waals surface area contributed by atoms with Crippen LogP contribution in [0.15, 0.2) is 23.1 Å². The highest BCUT2D eigenvalue weighted by molar-refractivity contribution is 7.89. The average Bonchev–Trinajstić information content (AvgIpc) is 2.30. The van der Waals surface area contributed by atoms with Gasteiger partial charge in [0.05, 0.1) is 21.4 Å². The standard InChI is InChI=1S/C10H9Cl2NO6S/c11-6-2-1-5(3-7(6)12)20(18,19)13-8(10(16)17)4-9(14)15/h1-3,8,13H,4H2,(H,14,15)(H,16,17). The summed E-state index contributed by atoms with van der Waals surface area (Å²) in [5, 5.41) is 17.4. The lowest BCUT2D eigenvalue weighted by Crippen LogP contribution is -2.42. The molecule has 1 atom stereocenters. The third kappa shape index (κ3) is 4.34. The van der Waals surface area contributed by atoms with E-state index in [2.05, 4.69) is 0 Å². The smallest absolute Gasteiger partial charge is 0.322 e. The summed E-state index contributed by atoms with van der Waals surface area (Å²) >= 11 is 11.3. The van der Waals surface area contributed by atoms with Crippen LogP contribution in [-0.2, 0) is 19.6 Å². The van der Waals surface area contributed by atoms with Crippen LogP contribution in [0, 0.1) is 0 Å². The van der Waals surface area contributed by atoms with Gasteiger partial charge in [0.15, 0.2) is 0 Å². The molecule has 0 aliphatic carbocycles. The van der Waals surface area contributed by atoms with E-state index in [1.165, 1.54) is 6.07 Å². The van der Waals surface area contributed by atoms with E-state index in [-0.39, 0.29) is 14.9 Å². The summed E-state index contributed by atoms with van der Waals surface area (Å²) in [5.74, 6) is -3.05. The molecule has 0 spiro atoms. The van der Waals surface area contributed by atoms with Gasteiger partial charge in [-0.2, -0.15) is 4.72 Å². The van der Waals surface area contributed by atoms with Crippen LogP contribution in [0.25, 0.3) is 0 Å². The van der Waals surface area contributed by atoms with Crippen LogP contribution in [0.4, 0.5) is 0 Å². The SMILES string of the molecule is O=C(O)CC(NS(=O)(=O)c1ccc(Cl)c(Cl)c1)C(=O)O. The van der Waals surface area contributed by atoms with Gasteiger partial charge in [-0.1, -0.05) is 23.2 Å². The van der Waals surface area contributed by atoms with Crippen molar-refractivity contribution in [2.24, 2.45) is 0 Å². The fraction of sp³-hybridized carbons (Fsp3) is 0.200. The number of hydrogen-bond donors (Lipinski definition) is 3. The van der Waals surface area contributed by atoms with Crippen molar-refractivity contribution in [3.05, 3.63) is 28.2 Å². The van der Waals surface area contributed by atoms with Gasteiger partial charge in [0, 0.05) is 0 Å². The molecule has 0 amide bonds. The van der Waals surface area contributed by atoms with E-state index in [1.807, 2.05) is 0 Å². The summed E-state index contributed by atoms with van der Waals surface area (Å²) in [6, 6.07) is 1.60. The Balaban J connectivity index is 3.06. The van der Waals surface area contributed by atoms with E-state index in [0.717, 1.165) is 12.1 Å². The lowest BCUT2D eigenvalue weighted by Gasteiger charge is -2.13. The van der Waals surface area contributed by atoms with Crippen molar-refractivity contribution in [3.63, 3.8) is 0 Å². The van der Waals surface area contributed by atoms with Crippen LogP contribution < -0.4 is 4.72 Å². The molecule has 10 heteroatoms. The molecule has 1 aromatic carbocycles. The van der Waals surface area contributed by atoms with Crippen LogP contribution >= 0.6 is 23.2 Å².